The molecule has 0 saturated carbocycles. The van der Waals surface area contributed by atoms with Crippen LogP contribution in [0.2, 0.25) is 0 Å². The third-order valence-electron chi connectivity index (χ3n) is 4.19. The monoisotopic (exact) mass is 335 g/mol. The first kappa shape index (κ1) is 15.1. The standard InChI is InChI=1S/C18H13N3O4/c22-18-14(9-12-4-1-2-7-17(12)25-18)16-10-15(19-20-16)11-5-3-6-13(8-11)21(23)24/h1-9,15,19H,10H2/t15-/m1/s1. The number of para-hydroxylation sites is 1. The van der Waals surface area contributed by atoms with E-state index in [1.54, 1.807) is 30.3 Å². The molecule has 7 heteroatoms. The molecular formula is C18H13N3O4. The lowest BCUT2D eigenvalue weighted by molar-refractivity contribution is -0.384. The van der Waals surface area contributed by atoms with Gasteiger partial charge in [-0.05, 0) is 17.7 Å². The van der Waals surface area contributed by atoms with Crippen molar-refractivity contribution in [1.82, 2.24) is 5.43 Å². The number of nitro benzene ring substituents is 1. The maximum Gasteiger partial charge on any atom is 0.345 e. The molecule has 1 aliphatic rings. The number of rotatable bonds is 3. The smallest absolute Gasteiger partial charge is 0.345 e. The molecule has 0 unspecified atom stereocenters. The minimum atomic E-state index is -0.445. The number of nitrogens with one attached hydrogen (secondary N) is 1. The van der Waals surface area contributed by atoms with Crippen LogP contribution in [0, 0.1) is 10.1 Å². The molecule has 2 heterocycles. The second kappa shape index (κ2) is 5.86. The van der Waals surface area contributed by atoms with E-state index < -0.39 is 10.5 Å². The summed E-state index contributed by atoms with van der Waals surface area (Å²) in [6.45, 7) is 0. The fourth-order valence-corrected chi connectivity index (χ4v) is 2.92. The Bertz CT molecular complexity index is 1070. The molecule has 1 atom stereocenters. The molecule has 0 aliphatic carbocycles. The van der Waals surface area contributed by atoms with E-state index in [1.165, 1.54) is 12.1 Å². The number of benzene rings is 2. The molecule has 25 heavy (non-hydrogen) atoms. The molecule has 7 nitrogen and oxygen atoms in total. The minimum Gasteiger partial charge on any atom is -0.422 e. The van der Waals surface area contributed by atoms with Crippen LogP contribution >= 0.6 is 0 Å². The number of hydrogen-bond acceptors (Lipinski definition) is 6. The average Bonchev–Trinajstić information content (AvgIpc) is 3.11. The van der Waals surface area contributed by atoms with Gasteiger partial charge in [0.05, 0.1) is 22.2 Å². The fourth-order valence-electron chi connectivity index (χ4n) is 2.92. The Morgan fingerprint density at radius 1 is 1.16 bits per heavy atom. The lowest BCUT2D eigenvalue weighted by Gasteiger charge is -2.09. The number of nitrogens with zero attached hydrogens (tertiary/aromatic N) is 2. The lowest BCUT2D eigenvalue weighted by atomic mass is 9.99. The zero-order valence-corrected chi connectivity index (χ0v) is 13.0. The Kier molecular flexibility index (Phi) is 3.53. The van der Waals surface area contributed by atoms with Gasteiger partial charge in [0, 0.05) is 23.9 Å². The van der Waals surface area contributed by atoms with Crippen LogP contribution in [0.1, 0.15) is 23.6 Å². The first-order valence-corrected chi connectivity index (χ1v) is 7.71. The second-order valence-corrected chi connectivity index (χ2v) is 5.78. The van der Waals surface area contributed by atoms with Crippen molar-refractivity contribution in [3.63, 3.8) is 0 Å². The zero-order valence-electron chi connectivity index (χ0n) is 13.0. The molecule has 0 spiro atoms. The van der Waals surface area contributed by atoms with Gasteiger partial charge in [-0.2, -0.15) is 5.10 Å². The third-order valence-corrected chi connectivity index (χ3v) is 4.19. The summed E-state index contributed by atoms with van der Waals surface area (Å²) in [6.07, 6.45) is 0.449. The third kappa shape index (κ3) is 2.76. The van der Waals surface area contributed by atoms with Gasteiger partial charge in [-0.25, -0.2) is 4.79 Å². The SMILES string of the molecule is O=c1oc2ccccc2cc1C1=NN[C@@H](c2cccc([N+](=O)[O-])c2)C1. The van der Waals surface area contributed by atoms with E-state index in [0.717, 1.165) is 10.9 Å². The first-order chi connectivity index (χ1) is 12.1. The zero-order chi connectivity index (χ0) is 17.4. The van der Waals surface area contributed by atoms with Crippen LogP contribution in [0.5, 0.6) is 0 Å². The molecule has 1 aliphatic heterocycles. The number of hydrogen-bond donors (Lipinski definition) is 1. The van der Waals surface area contributed by atoms with Gasteiger partial charge in [-0.3, -0.25) is 10.1 Å². The van der Waals surface area contributed by atoms with Gasteiger partial charge in [0.2, 0.25) is 0 Å². The highest BCUT2D eigenvalue weighted by molar-refractivity contribution is 6.03. The van der Waals surface area contributed by atoms with Crippen LogP contribution in [0.15, 0.2) is 68.9 Å². The van der Waals surface area contributed by atoms with E-state index in [9.17, 15) is 14.9 Å². The predicted molar refractivity (Wildman–Crippen MR) is 92.6 cm³/mol. The van der Waals surface area contributed by atoms with E-state index in [-0.39, 0.29) is 11.7 Å². The average molecular weight is 335 g/mol. The van der Waals surface area contributed by atoms with Crippen molar-refractivity contribution in [2.75, 3.05) is 0 Å². The van der Waals surface area contributed by atoms with Gasteiger partial charge < -0.3 is 9.84 Å². The molecule has 124 valence electrons. The summed E-state index contributed by atoms with van der Waals surface area (Å²) in [7, 11) is 0. The first-order valence-electron chi connectivity index (χ1n) is 7.71. The van der Waals surface area contributed by atoms with Crippen molar-refractivity contribution in [1.29, 1.82) is 0 Å². The largest absolute Gasteiger partial charge is 0.422 e. The molecule has 0 radical (unpaired) electrons. The highest BCUT2D eigenvalue weighted by Gasteiger charge is 2.25. The van der Waals surface area contributed by atoms with E-state index in [1.807, 2.05) is 12.1 Å². The molecule has 0 saturated heterocycles. The van der Waals surface area contributed by atoms with Crippen LogP contribution in [0.25, 0.3) is 11.0 Å². The molecule has 0 fully saturated rings. The van der Waals surface area contributed by atoms with Crippen molar-refractivity contribution in [2.24, 2.45) is 5.10 Å². The Hall–Kier alpha value is -3.48. The molecule has 4 rings (SSSR count). The second-order valence-electron chi connectivity index (χ2n) is 5.78. The number of nitro groups is 1. The van der Waals surface area contributed by atoms with Gasteiger partial charge in [0.15, 0.2) is 0 Å². The van der Waals surface area contributed by atoms with Crippen LogP contribution in [0.3, 0.4) is 0 Å². The Morgan fingerprint density at radius 3 is 2.84 bits per heavy atom. The molecule has 0 amide bonds. The number of fused-ring (bicyclic) bond motifs is 1. The van der Waals surface area contributed by atoms with Crippen molar-refractivity contribution in [2.45, 2.75) is 12.5 Å². The van der Waals surface area contributed by atoms with E-state index in [0.29, 0.717) is 23.3 Å². The van der Waals surface area contributed by atoms with Gasteiger partial charge in [0.25, 0.3) is 5.69 Å². The summed E-state index contributed by atoms with van der Waals surface area (Å²) in [5.41, 5.74) is 4.78. The van der Waals surface area contributed by atoms with Gasteiger partial charge >= 0.3 is 5.63 Å². The molecule has 3 aromatic rings. The van der Waals surface area contributed by atoms with Crippen molar-refractivity contribution >= 4 is 22.4 Å². The van der Waals surface area contributed by atoms with Crippen molar-refractivity contribution in [3.05, 3.63) is 86.3 Å². The lowest BCUT2D eigenvalue weighted by Crippen LogP contribution is -2.14. The fraction of sp³-hybridized carbons (Fsp3) is 0.111. The summed E-state index contributed by atoms with van der Waals surface area (Å²) in [4.78, 5) is 22.7. The summed E-state index contributed by atoms with van der Waals surface area (Å²) < 4.78 is 5.34. The van der Waals surface area contributed by atoms with E-state index >= 15 is 0 Å². The van der Waals surface area contributed by atoms with Crippen LogP contribution in [-0.4, -0.2) is 10.6 Å². The summed E-state index contributed by atoms with van der Waals surface area (Å²) in [5.74, 6) is 0. The van der Waals surface area contributed by atoms with Crippen molar-refractivity contribution in [3.8, 4) is 0 Å². The van der Waals surface area contributed by atoms with Crippen LogP contribution < -0.4 is 11.1 Å². The summed E-state index contributed by atoms with van der Waals surface area (Å²) >= 11 is 0. The highest BCUT2D eigenvalue weighted by Crippen LogP contribution is 2.27. The molecule has 1 aromatic heterocycles. The quantitative estimate of drug-likeness (QED) is 0.450. The van der Waals surface area contributed by atoms with Crippen molar-refractivity contribution < 1.29 is 9.34 Å². The number of non-ortho nitro benzene ring substituents is 1. The Balaban J connectivity index is 1.64. The highest BCUT2D eigenvalue weighted by atomic mass is 16.6. The normalized spacial score (nSPS) is 16.5. The maximum absolute atomic E-state index is 12.2. The topological polar surface area (TPSA) is 97.7 Å². The van der Waals surface area contributed by atoms with Gasteiger partial charge in [-0.1, -0.05) is 30.3 Å². The molecule has 0 bridgehead atoms. The van der Waals surface area contributed by atoms with Crippen LogP contribution in [0.4, 0.5) is 5.69 Å². The summed E-state index contributed by atoms with van der Waals surface area (Å²) in [5, 5.41) is 16.0. The van der Waals surface area contributed by atoms with Crippen LogP contribution in [-0.2, 0) is 0 Å². The van der Waals surface area contributed by atoms with Gasteiger partial charge in [-0.15, -0.1) is 0 Å². The molecular weight excluding hydrogens is 322 g/mol. The summed E-state index contributed by atoms with van der Waals surface area (Å²) in [6, 6.07) is 15.2. The maximum atomic E-state index is 12.2. The number of hydrazone groups is 1. The van der Waals surface area contributed by atoms with E-state index in [4.69, 9.17) is 4.42 Å². The molecule has 2 aromatic carbocycles. The van der Waals surface area contributed by atoms with E-state index in [2.05, 4.69) is 10.5 Å². The molecule has 1 N–H and O–H groups in total. The predicted octanol–water partition coefficient (Wildman–Crippen LogP) is 3.14. The Morgan fingerprint density at radius 2 is 2.00 bits per heavy atom. The van der Waals surface area contributed by atoms with Gasteiger partial charge in [0.1, 0.15) is 5.58 Å². The minimum absolute atomic E-state index is 0.0259. The Labute approximate surface area is 141 Å².